The molecule has 0 aliphatic heterocycles. The van der Waals surface area contributed by atoms with Gasteiger partial charge in [0.25, 0.3) is 0 Å². The van der Waals surface area contributed by atoms with E-state index in [9.17, 15) is 5.11 Å². The third-order valence-corrected chi connectivity index (χ3v) is 3.50. The molecule has 1 aromatic rings. The van der Waals surface area contributed by atoms with E-state index in [0.29, 0.717) is 6.54 Å². The third kappa shape index (κ3) is 1.33. The Labute approximate surface area is 85.5 Å². The topological polar surface area (TPSA) is 62.0 Å². The first-order valence-corrected chi connectivity index (χ1v) is 5.25. The summed E-state index contributed by atoms with van der Waals surface area (Å²) in [6, 6.07) is 0. The lowest BCUT2D eigenvalue weighted by molar-refractivity contribution is 0.0283. The summed E-state index contributed by atoms with van der Waals surface area (Å²) in [7, 11) is 0. The number of rotatable bonds is 1. The maximum Gasteiger partial charge on any atom is 0.104 e. The number of halogens is 1. The van der Waals surface area contributed by atoms with Crippen LogP contribution in [0.25, 0.3) is 0 Å². The maximum absolute atomic E-state index is 10.2. The predicted molar refractivity (Wildman–Crippen MR) is 54.4 cm³/mol. The van der Waals surface area contributed by atoms with Crippen LogP contribution in [0.5, 0.6) is 0 Å². The molecule has 72 valence electrons. The van der Waals surface area contributed by atoms with Crippen LogP contribution in [0, 0.1) is 0 Å². The number of H-pyrrole nitrogens is 1. The molecule has 1 heterocycles. The first-order chi connectivity index (χ1) is 6.17. The standard InChI is InChI=1S/C9H13BrN2O/c10-8-6-2-1-3-9(13,5-11)7(6)4-12-8/h4,12-13H,1-3,5,11H2. The molecule has 1 aliphatic rings. The fourth-order valence-electron chi connectivity index (χ4n) is 1.99. The summed E-state index contributed by atoms with van der Waals surface area (Å²) in [6.07, 6.45) is 4.63. The first-order valence-electron chi connectivity index (χ1n) is 4.46. The highest BCUT2D eigenvalue weighted by atomic mass is 79.9. The normalized spacial score (nSPS) is 27.3. The fraction of sp³-hybridized carbons (Fsp3) is 0.556. The lowest BCUT2D eigenvalue weighted by Crippen LogP contribution is -2.37. The lowest BCUT2D eigenvalue weighted by atomic mass is 9.82. The molecule has 1 atom stereocenters. The van der Waals surface area contributed by atoms with E-state index < -0.39 is 5.60 Å². The smallest absolute Gasteiger partial charge is 0.104 e. The Kier molecular flexibility index (Phi) is 2.21. The van der Waals surface area contributed by atoms with Crippen LogP contribution in [0.4, 0.5) is 0 Å². The third-order valence-electron chi connectivity index (χ3n) is 2.79. The van der Waals surface area contributed by atoms with E-state index in [0.717, 1.165) is 29.4 Å². The number of aromatic nitrogens is 1. The molecule has 1 unspecified atom stereocenters. The Hall–Kier alpha value is -0.320. The molecule has 0 radical (unpaired) electrons. The van der Waals surface area contributed by atoms with Crippen LogP contribution in [0.15, 0.2) is 10.8 Å². The summed E-state index contributed by atoms with van der Waals surface area (Å²) >= 11 is 3.43. The molecular weight excluding hydrogens is 232 g/mol. The van der Waals surface area contributed by atoms with Crippen LogP contribution in [0.2, 0.25) is 0 Å². The number of aromatic amines is 1. The van der Waals surface area contributed by atoms with Gasteiger partial charge in [-0.1, -0.05) is 0 Å². The van der Waals surface area contributed by atoms with Gasteiger partial charge in [-0.25, -0.2) is 0 Å². The van der Waals surface area contributed by atoms with E-state index in [1.165, 1.54) is 5.56 Å². The van der Waals surface area contributed by atoms with Crippen molar-refractivity contribution in [2.24, 2.45) is 5.73 Å². The van der Waals surface area contributed by atoms with Crippen molar-refractivity contribution in [1.82, 2.24) is 4.98 Å². The summed E-state index contributed by atoms with van der Waals surface area (Å²) in [5, 5.41) is 10.2. The van der Waals surface area contributed by atoms with Crippen molar-refractivity contribution in [3.63, 3.8) is 0 Å². The van der Waals surface area contributed by atoms with Gasteiger partial charge in [-0.05, 0) is 40.8 Å². The molecule has 4 N–H and O–H groups in total. The Morgan fingerprint density at radius 3 is 3.15 bits per heavy atom. The van der Waals surface area contributed by atoms with Crippen molar-refractivity contribution >= 4 is 15.9 Å². The molecule has 0 spiro atoms. The molecule has 0 saturated heterocycles. The first kappa shape index (κ1) is 9.24. The highest BCUT2D eigenvalue weighted by Gasteiger charge is 2.34. The number of nitrogens with two attached hydrogens (primary N) is 1. The minimum absolute atomic E-state index is 0.296. The van der Waals surface area contributed by atoms with E-state index in [1.807, 2.05) is 6.20 Å². The molecule has 13 heavy (non-hydrogen) atoms. The number of fused-ring (bicyclic) bond motifs is 1. The molecule has 1 aromatic heterocycles. The van der Waals surface area contributed by atoms with Gasteiger partial charge in [0.15, 0.2) is 0 Å². The van der Waals surface area contributed by atoms with Crippen LogP contribution in [-0.2, 0) is 12.0 Å². The van der Waals surface area contributed by atoms with Crippen molar-refractivity contribution in [3.05, 3.63) is 21.9 Å². The second-order valence-electron chi connectivity index (χ2n) is 3.58. The molecule has 0 saturated carbocycles. The summed E-state index contributed by atoms with van der Waals surface area (Å²) in [6.45, 7) is 0.296. The zero-order chi connectivity index (χ0) is 9.47. The van der Waals surface area contributed by atoms with Crippen LogP contribution in [0.3, 0.4) is 0 Å². The zero-order valence-electron chi connectivity index (χ0n) is 7.31. The SMILES string of the molecule is NCC1(O)CCCc2c1c[nH]c2Br. The molecule has 4 heteroatoms. The number of hydrogen-bond donors (Lipinski definition) is 3. The number of hydrogen-bond acceptors (Lipinski definition) is 2. The van der Waals surface area contributed by atoms with E-state index in [-0.39, 0.29) is 0 Å². The Morgan fingerprint density at radius 2 is 2.46 bits per heavy atom. The highest BCUT2D eigenvalue weighted by Crippen LogP contribution is 2.37. The molecule has 3 nitrogen and oxygen atoms in total. The Morgan fingerprint density at radius 1 is 1.69 bits per heavy atom. The molecule has 2 rings (SSSR count). The Bertz CT molecular complexity index is 323. The van der Waals surface area contributed by atoms with Gasteiger partial charge in [0.2, 0.25) is 0 Å². The fourth-order valence-corrected chi connectivity index (χ4v) is 2.52. The molecule has 0 fully saturated rings. The van der Waals surface area contributed by atoms with Gasteiger partial charge in [-0.3, -0.25) is 0 Å². The monoisotopic (exact) mass is 244 g/mol. The molecule has 0 amide bonds. The second kappa shape index (κ2) is 3.12. The minimum atomic E-state index is -0.809. The Balaban J connectivity index is 2.49. The minimum Gasteiger partial charge on any atom is -0.384 e. The van der Waals surface area contributed by atoms with E-state index in [1.54, 1.807) is 0 Å². The van der Waals surface area contributed by atoms with Gasteiger partial charge < -0.3 is 15.8 Å². The van der Waals surface area contributed by atoms with E-state index >= 15 is 0 Å². The maximum atomic E-state index is 10.2. The van der Waals surface area contributed by atoms with Crippen molar-refractivity contribution < 1.29 is 5.11 Å². The molecular formula is C9H13BrN2O. The summed E-state index contributed by atoms with van der Waals surface area (Å²) in [4.78, 5) is 3.07. The van der Waals surface area contributed by atoms with Crippen LogP contribution in [0.1, 0.15) is 24.0 Å². The van der Waals surface area contributed by atoms with Gasteiger partial charge in [-0.2, -0.15) is 0 Å². The van der Waals surface area contributed by atoms with Gasteiger partial charge >= 0.3 is 0 Å². The largest absolute Gasteiger partial charge is 0.384 e. The summed E-state index contributed by atoms with van der Waals surface area (Å²) < 4.78 is 0.981. The van der Waals surface area contributed by atoms with Gasteiger partial charge in [-0.15, -0.1) is 0 Å². The van der Waals surface area contributed by atoms with Gasteiger partial charge in [0.05, 0.1) is 4.60 Å². The van der Waals surface area contributed by atoms with Crippen molar-refractivity contribution in [1.29, 1.82) is 0 Å². The number of aliphatic hydroxyl groups is 1. The number of nitrogens with one attached hydrogen (secondary N) is 1. The second-order valence-corrected chi connectivity index (χ2v) is 4.38. The van der Waals surface area contributed by atoms with Crippen LogP contribution >= 0.6 is 15.9 Å². The van der Waals surface area contributed by atoms with Gasteiger partial charge in [0.1, 0.15) is 5.60 Å². The van der Waals surface area contributed by atoms with Crippen molar-refractivity contribution in [2.45, 2.75) is 24.9 Å². The van der Waals surface area contributed by atoms with E-state index in [4.69, 9.17) is 5.73 Å². The van der Waals surface area contributed by atoms with E-state index in [2.05, 4.69) is 20.9 Å². The average Bonchev–Trinajstić information content (AvgIpc) is 2.50. The predicted octanol–water partition coefficient (Wildman–Crippen LogP) is 1.26. The lowest BCUT2D eigenvalue weighted by Gasteiger charge is -2.31. The quantitative estimate of drug-likeness (QED) is 0.697. The highest BCUT2D eigenvalue weighted by molar-refractivity contribution is 9.10. The molecule has 1 aliphatic carbocycles. The van der Waals surface area contributed by atoms with Crippen molar-refractivity contribution in [3.8, 4) is 0 Å². The van der Waals surface area contributed by atoms with Crippen LogP contribution in [-0.4, -0.2) is 16.6 Å². The summed E-state index contributed by atoms with van der Waals surface area (Å²) in [5.41, 5.74) is 6.92. The zero-order valence-corrected chi connectivity index (χ0v) is 8.89. The van der Waals surface area contributed by atoms with Gasteiger partial charge in [0, 0.05) is 18.3 Å². The molecule has 0 aromatic carbocycles. The van der Waals surface area contributed by atoms with Crippen molar-refractivity contribution in [2.75, 3.05) is 6.54 Å². The average molecular weight is 245 g/mol. The van der Waals surface area contributed by atoms with Crippen LogP contribution < -0.4 is 5.73 Å². The molecule has 0 bridgehead atoms. The summed E-state index contributed by atoms with van der Waals surface area (Å²) in [5.74, 6) is 0.